The number of rotatable bonds is 30. The Morgan fingerprint density at radius 1 is 0.537 bits per heavy atom. The van der Waals surface area contributed by atoms with Crippen LogP contribution in [0.4, 0.5) is 0 Å². The summed E-state index contributed by atoms with van der Waals surface area (Å²) in [7, 11) is 1.00. The fraction of sp³-hybridized carbons (Fsp3) is 0.946. The van der Waals surface area contributed by atoms with Gasteiger partial charge in [-0.1, -0.05) is 182 Å². The zero-order valence-corrected chi connectivity index (χ0v) is 28.8. The number of aliphatic hydroxyl groups is 1. The van der Waals surface area contributed by atoms with E-state index in [0.29, 0.717) is 18.9 Å². The minimum Gasteiger partial charge on any atom is -0.465 e. The first kappa shape index (κ1) is 44.5. The summed E-state index contributed by atoms with van der Waals surface area (Å²) in [5.41, 5.74) is 0. The molecule has 0 saturated carbocycles. The molecule has 0 radical (unpaired) electrons. The van der Waals surface area contributed by atoms with Gasteiger partial charge < -0.3 is 14.6 Å². The monoisotopic (exact) mass is 585 g/mol. The van der Waals surface area contributed by atoms with E-state index in [1.807, 2.05) is 0 Å². The number of carbonyl (C=O) groups excluding carboxylic acids is 2. The van der Waals surface area contributed by atoms with E-state index in [4.69, 9.17) is 9.84 Å². The number of esters is 1. The predicted octanol–water partition coefficient (Wildman–Crippen LogP) is 11.9. The number of hydrogen-bond donors (Lipinski definition) is 1. The van der Waals surface area contributed by atoms with Gasteiger partial charge >= 0.3 is 5.97 Å². The van der Waals surface area contributed by atoms with Crippen LogP contribution in [0.25, 0.3) is 0 Å². The van der Waals surface area contributed by atoms with Crippen molar-refractivity contribution in [3.05, 3.63) is 0 Å². The van der Waals surface area contributed by atoms with Crippen molar-refractivity contribution in [2.75, 3.05) is 13.7 Å². The van der Waals surface area contributed by atoms with E-state index in [1.165, 1.54) is 154 Å². The lowest BCUT2D eigenvalue weighted by Gasteiger charge is -2.07. The molecule has 41 heavy (non-hydrogen) atoms. The topological polar surface area (TPSA) is 63.6 Å². The number of unbranched alkanes of at least 4 members (excludes halogenated alkanes) is 25. The second-order valence-electron chi connectivity index (χ2n) is 12.3. The maximum atomic E-state index is 11.4. The Morgan fingerprint density at radius 3 is 1.12 bits per heavy atom. The normalized spacial score (nSPS) is 10.5. The molecule has 0 rings (SSSR count). The highest BCUT2D eigenvalue weighted by molar-refractivity contribution is 5.69. The standard InChI is InChI=1S/C20H40O2.C16H32O.CH4O/c1-4-5-6-7-8-9-10-11-12-13-14-15-16-17-20(21)22-18-19(2)3;1-2-3-4-5-6-7-8-9-10-11-12-13-14-15-16-17;1-2/h19H,4-18H2,1-3H3;16H,2-15H2,1H3;2H,1H3. The van der Waals surface area contributed by atoms with Gasteiger partial charge in [0.1, 0.15) is 6.29 Å². The largest absolute Gasteiger partial charge is 0.465 e. The third-order valence-electron chi connectivity index (χ3n) is 7.49. The first-order chi connectivity index (χ1) is 20.1. The Hall–Kier alpha value is -0.900. The molecule has 0 saturated heterocycles. The maximum absolute atomic E-state index is 11.4. The molecule has 0 aliphatic carbocycles. The summed E-state index contributed by atoms with van der Waals surface area (Å²) in [5, 5.41) is 7.00. The SMILES string of the molecule is CCCCCCCCCCCCCCCC(=O)OCC(C)C.CCCCCCCCCCCCCCCC=O.CO. The highest BCUT2D eigenvalue weighted by atomic mass is 16.5. The minimum atomic E-state index is -0.0169. The van der Waals surface area contributed by atoms with Gasteiger partial charge in [0, 0.05) is 20.0 Å². The van der Waals surface area contributed by atoms with Crippen LogP contribution in [-0.4, -0.2) is 31.1 Å². The van der Waals surface area contributed by atoms with Gasteiger partial charge in [-0.3, -0.25) is 4.79 Å². The first-order valence-electron chi connectivity index (χ1n) is 18.1. The quantitative estimate of drug-likeness (QED) is 0.0518. The Bertz CT molecular complexity index is 464. The Morgan fingerprint density at radius 2 is 0.829 bits per heavy atom. The molecule has 0 aliphatic heterocycles. The van der Waals surface area contributed by atoms with Crippen LogP contribution in [0.5, 0.6) is 0 Å². The lowest BCUT2D eigenvalue weighted by Crippen LogP contribution is -2.09. The molecule has 248 valence electrons. The molecule has 0 aromatic rings. The fourth-order valence-electron chi connectivity index (χ4n) is 4.86. The zero-order chi connectivity index (χ0) is 31.1. The number of carbonyl (C=O) groups is 2. The smallest absolute Gasteiger partial charge is 0.305 e. The van der Waals surface area contributed by atoms with Crippen molar-refractivity contribution in [2.24, 2.45) is 5.92 Å². The van der Waals surface area contributed by atoms with Crippen molar-refractivity contribution >= 4 is 12.3 Å². The molecule has 4 heteroatoms. The Labute approximate surface area is 258 Å². The van der Waals surface area contributed by atoms with E-state index in [2.05, 4.69) is 27.7 Å². The van der Waals surface area contributed by atoms with Crippen molar-refractivity contribution in [3.63, 3.8) is 0 Å². The van der Waals surface area contributed by atoms with E-state index in [9.17, 15) is 9.59 Å². The van der Waals surface area contributed by atoms with E-state index in [0.717, 1.165) is 32.7 Å². The maximum Gasteiger partial charge on any atom is 0.305 e. The zero-order valence-electron chi connectivity index (χ0n) is 28.8. The van der Waals surface area contributed by atoms with Gasteiger partial charge in [-0.15, -0.1) is 0 Å². The van der Waals surface area contributed by atoms with Crippen molar-refractivity contribution < 1.29 is 19.4 Å². The third-order valence-corrected chi connectivity index (χ3v) is 7.49. The fourth-order valence-corrected chi connectivity index (χ4v) is 4.86. The number of aliphatic hydroxyl groups excluding tert-OH is 1. The first-order valence-corrected chi connectivity index (χ1v) is 18.1. The molecule has 0 aliphatic rings. The van der Waals surface area contributed by atoms with Crippen molar-refractivity contribution in [2.45, 2.75) is 207 Å². The van der Waals surface area contributed by atoms with Crippen LogP contribution in [0.15, 0.2) is 0 Å². The molecule has 0 atom stereocenters. The molecule has 0 fully saturated rings. The lowest BCUT2D eigenvalue weighted by atomic mass is 10.0. The van der Waals surface area contributed by atoms with Gasteiger partial charge in [0.05, 0.1) is 6.61 Å². The molecule has 1 N–H and O–H groups in total. The molecular formula is C37H76O4. The summed E-state index contributed by atoms with van der Waals surface area (Å²) < 4.78 is 5.17. The van der Waals surface area contributed by atoms with Crippen molar-refractivity contribution in [3.8, 4) is 0 Å². The molecule has 0 aromatic heterocycles. The summed E-state index contributed by atoms with van der Waals surface area (Å²) in [6.07, 6.45) is 37.6. The number of hydrogen-bond acceptors (Lipinski definition) is 4. The molecule has 0 bridgehead atoms. The highest BCUT2D eigenvalue weighted by Crippen LogP contribution is 2.14. The molecule has 0 unspecified atom stereocenters. The summed E-state index contributed by atoms with van der Waals surface area (Å²) in [4.78, 5) is 21.5. The highest BCUT2D eigenvalue weighted by Gasteiger charge is 2.03. The summed E-state index contributed by atoms with van der Waals surface area (Å²) in [5.74, 6) is 0.423. The molecule has 0 spiro atoms. The van der Waals surface area contributed by atoms with Crippen LogP contribution in [0.3, 0.4) is 0 Å². The van der Waals surface area contributed by atoms with Crippen LogP contribution >= 0.6 is 0 Å². The Kier molecular flexibility index (Phi) is 47.3. The van der Waals surface area contributed by atoms with E-state index in [-0.39, 0.29) is 5.97 Å². The average molecular weight is 585 g/mol. The van der Waals surface area contributed by atoms with E-state index in [1.54, 1.807) is 0 Å². The van der Waals surface area contributed by atoms with Crippen LogP contribution < -0.4 is 0 Å². The van der Waals surface area contributed by atoms with Crippen LogP contribution in [0, 0.1) is 5.92 Å². The van der Waals surface area contributed by atoms with Crippen molar-refractivity contribution in [1.29, 1.82) is 0 Å². The lowest BCUT2D eigenvalue weighted by molar-refractivity contribution is -0.144. The average Bonchev–Trinajstić information content (AvgIpc) is 2.98. The minimum absolute atomic E-state index is 0.0169. The summed E-state index contributed by atoms with van der Waals surface area (Å²) in [6.45, 7) is 9.25. The number of ether oxygens (including phenoxy) is 1. The molecule has 0 amide bonds. The van der Waals surface area contributed by atoms with Gasteiger partial charge in [-0.05, 0) is 18.8 Å². The van der Waals surface area contributed by atoms with Gasteiger partial charge in [0.25, 0.3) is 0 Å². The second kappa shape index (κ2) is 43.6. The summed E-state index contributed by atoms with van der Waals surface area (Å²) >= 11 is 0. The second-order valence-corrected chi connectivity index (χ2v) is 12.3. The van der Waals surface area contributed by atoms with Crippen LogP contribution in [-0.2, 0) is 14.3 Å². The van der Waals surface area contributed by atoms with E-state index < -0.39 is 0 Å². The van der Waals surface area contributed by atoms with Crippen molar-refractivity contribution in [1.82, 2.24) is 0 Å². The molecule has 0 aromatic carbocycles. The Balaban J connectivity index is -0.000000683. The third kappa shape index (κ3) is 49.1. The van der Waals surface area contributed by atoms with Gasteiger partial charge in [0.2, 0.25) is 0 Å². The number of aldehydes is 1. The van der Waals surface area contributed by atoms with E-state index >= 15 is 0 Å². The van der Waals surface area contributed by atoms with Gasteiger partial charge in [0.15, 0.2) is 0 Å². The predicted molar refractivity (Wildman–Crippen MR) is 181 cm³/mol. The van der Waals surface area contributed by atoms with Gasteiger partial charge in [-0.2, -0.15) is 0 Å². The van der Waals surface area contributed by atoms with Gasteiger partial charge in [-0.25, -0.2) is 0 Å². The molecule has 4 nitrogen and oxygen atoms in total. The molecule has 0 heterocycles. The summed E-state index contributed by atoms with van der Waals surface area (Å²) in [6, 6.07) is 0. The van der Waals surface area contributed by atoms with Crippen LogP contribution in [0.1, 0.15) is 207 Å². The molecular weight excluding hydrogens is 508 g/mol. The van der Waals surface area contributed by atoms with Crippen LogP contribution in [0.2, 0.25) is 0 Å².